The van der Waals surface area contributed by atoms with Crippen molar-refractivity contribution in [3.8, 4) is 0 Å². The zero-order valence-electron chi connectivity index (χ0n) is 15.7. The lowest BCUT2D eigenvalue weighted by molar-refractivity contribution is -0.119. The zero-order valence-corrected chi connectivity index (χ0v) is 15.7. The molecule has 1 aromatic heterocycles. The minimum Gasteiger partial charge on any atom is -0.442 e. The summed E-state index contributed by atoms with van der Waals surface area (Å²) >= 11 is 0. The maximum Gasteiger partial charge on any atom is 0.414 e. The number of rotatable bonds is 5. The van der Waals surface area contributed by atoms with E-state index in [1.165, 1.54) is 17.9 Å². The summed E-state index contributed by atoms with van der Waals surface area (Å²) in [4.78, 5) is 26.6. The molecule has 0 spiro atoms. The van der Waals surface area contributed by atoms with Crippen molar-refractivity contribution in [2.75, 3.05) is 36.0 Å². The highest BCUT2D eigenvalue weighted by atomic mass is 19.1. The number of aromatic nitrogens is 4. The third-order valence-electron chi connectivity index (χ3n) is 5.92. The van der Waals surface area contributed by atoms with Gasteiger partial charge in [-0.2, -0.15) is 5.21 Å². The van der Waals surface area contributed by atoms with Crippen LogP contribution in [-0.2, 0) is 9.53 Å². The molecule has 29 heavy (non-hydrogen) atoms. The van der Waals surface area contributed by atoms with Crippen LogP contribution in [0.1, 0.15) is 18.4 Å². The van der Waals surface area contributed by atoms with E-state index in [0.717, 1.165) is 13.1 Å². The van der Waals surface area contributed by atoms with E-state index < -0.39 is 12.2 Å². The van der Waals surface area contributed by atoms with Gasteiger partial charge < -0.3 is 15.0 Å². The lowest BCUT2D eigenvalue weighted by atomic mass is 10.1. The van der Waals surface area contributed by atoms with Crippen LogP contribution in [0.4, 0.5) is 20.8 Å². The molecule has 3 aliphatic rings. The van der Waals surface area contributed by atoms with Gasteiger partial charge in [-0.05, 0) is 40.7 Å². The van der Waals surface area contributed by atoms with Gasteiger partial charge in [0.15, 0.2) is 0 Å². The number of amides is 2. The van der Waals surface area contributed by atoms with Crippen LogP contribution in [0.5, 0.6) is 0 Å². The molecular formula is C18H20FN7O3. The van der Waals surface area contributed by atoms with Gasteiger partial charge in [-0.25, -0.2) is 9.18 Å². The third-order valence-corrected chi connectivity index (χ3v) is 5.92. The number of hydrogen-bond donors (Lipinski definition) is 2. The molecule has 2 aromatic rings. The Morgan fingerprint density at radius 1 is 1.34 bits per heavy atom. The van der Waals surface area contributed by atoms with E-state index in [-0.39, 0.29) is 30.7 Å². The number of fused-ring (bicyclic) bond motifs is 1. The Labute approximate surface area is 165 Å². The number of hydrogen-bond acceptors (Lipinski definition) is 7. The Kier molecular flexibility index (Phi) is 4.10. The summed E-state index contributed by atoms with van der Waals surface area (Å²) in [5, 5.41) is 16.6. The van der Waals surface area contributed by atoms with Gasteiger partial charge >= 0.3 is 6.09 Å². The summed E-state index contributed by atoms with van der Waals surface area (Å²) in [6.45, 7) is 3.46. The molecule has 2 saturated heterocycles. The Morgan fingerprint density at radius 2 is 2.14 bits per heavy atom. The van der Waals surface area contributed by atoms with Crippen LogP contribution in [-0.4, -0.2) is 64.9 Å². The maximum absolute atomic E-state index is 14.9. The van der Waals surface area contributed by atoms with Crippen molar-refractivity contribution in [1.29, 1.82) is 0 Å². The Balaban J connectivity index is 1.24. The maximum atomic E-state index is 14.9. The van der Waals surface area contributed by atoms with Gasteiger partial charge in [0.05, 0.1) is 18.8 Å². The SMILES string of the molecule is CC(=O)NC[C@H]1CN(c2ccc(C3[C@H]4CN(c5nn[nH]n5)C[C@@H]34)c(F)c2)C(=O)O1. The van der Waals surface area contributed by atoms with E-state index in [2.05, 4.69) is 30.8 Å². The number of carbonyl (C=O) groups excluding carboxylic acids is 2. The molecule has 1 aliphatic carbocycles. The molecule has 11 heteroatoms. The minimum absolute atomic E-state index is 0.172. The summed E-state index contributed by atoms with van der Waals surface area (Å²) in [7, 11) is 0. The summed E-state index contributed by atoms with van der Waals surface area (Å²) in [6.07, 6.45) is -0.986. The third kappa shape index (κ3) is 3.15. The molecule has 152 valence electrons. The number of nitrogens with one attached hydrogen (secondary N) is 2. The molecule has 1 aromatic carbocycles. The van der Waals surface area contributed by atoms with E-state index >= 15 is 0 Å². The molecule has 0 bridgehead atoms. The highest BCUT2D eigenvalue weighted by Gasteiger charge is 2.57. The second kappa shape index (κ2) is 6.68. The van der Waals surface area contributed by atoms with Crippen LogP contribution >= 0.6 is 0 Å². The number of H-pyrrole nitrogens is 1. The monoisotopic (exact) mass is 401 g/mol. The molecule has 5 rings (SSSR count). The van der Waals surface area contributed by atoms with Crippen LogP contribution in [0.2, 0.25) is 0 Å². The zero-order chi connectivity index (χ0) is 20.1. The Bertz CT molecular complexity index is 941. The van der Waals surface area contributed by atoms with Crippen molar-refractivity contribution in [3.05, 3.63) is 29.6 Å². The van der Waals surface area contributed by atoms with Gasteiger partial charge in [-0.3, -0.25) is 9.69 Å². The van der Waals surface area contributed by atoms with E-state index in [1.807, 2.05) is 0 Å². The van der Waals surface area contributed by atoms with Gasteiger partial charge in [0, 0.05) is 20.0 Å². The average molecular weight is 401 g/mol. The van der Waals surface area contributed by atoms with Gasteiger partial charge in [0.1, 0.15) is 11.9 Å². The van der Waals surface area contributed by atoms with Crippen LogP contribution in [0, 0.1) is 17.7 Å². The fourth-order valence-electron chi connectivity index (χ4n) is 4.49. The fourth-order valence-corrected chi connectivity index (χ4v) is 4.49. The Morgan fingerprint density at radius 3 is 2.79 bits per heavy atom. The van der Waals surface area contributed by atoms with Crippen LogP contribution < -0.4 is 15.1 Å². The summed E-state index contributed by atoms with van der Waals surface area (Å²) < 4.78 is 20.1. The summed E-state index contributed by atoms with van der Waals surface area (Å²) in [5.74, 6) is 0.979. The van der Waals surface area contributed by atoms with E-state index in [4.69, 9.17) is 4.74 Å². The van der Waals surface area contributed by atoms with Crippen molar-refractivity contribution in [2.45, 2.75) is 18.9 Å². The van der Waals surface area contributed by atoms with Crippen LogP contribution in [0.25, 0.3) is 0 Å². The highest BCUT2D eigenvalue weighted by Crippen LogP contribution is 2.59. The van der Waals surface area contributed by atoms with E-state index in [0.29, 0.717) is 29.0 Å². The lowest BCUT2D eigenvalue weighted by Crippen LogP contribution is -2.33. The topological polar surface area (TPSA) is 116 Å². The number of halogens is 1. The predicted molar refractivity (Wildman–Crippen MR) is 98.8 cm³/mol. The first-order chi connectivity index (χ1) is 14.0. The smallest absolute Gasteiger partial charge is 0.414 e. The first-order valence-electron chi connectivity index (χ1n) is 9.51. The molecule has 3 fully saturated rings. The summed E-state index contributed by atoms with van der Waals surface area (Å²) in [6, 6.07) is 4.91. The standard InChI is InChI=1S/C18H20FN7O3/c1-9(27)20-5-11-6-26(18(28)29-11)10-2-3-12(15(19)4-10)16-13-7-25(8-14(13)16)17-21-23-24-22-17/h2-4,11,13-14,16H,5-8H2,1H3,(H,20,27)(H,21,22,23,24)/t11-,13-,14+,16?/m0/s1. The quantitative estimate of drug-likeness (QED) is 0.756. The number of anilines is 2. The molecule has 2 N–H and O–H groups in total. The number of cyclic esters (lactones) is 1. The number of carbonyl (C=O) groups is 2. The number of piperidine rings is 1. The molecule has 1 unspecified atom stereocenters. The average Bonchev–Trinajstić information content (AvgIpc) is 3.18. The van der Waals surface area contributed by atoms with Crippen molar-refractivity contribution in [1.82, 2.24) is 25.9 Å². The van der Waals surface area contributed by atoms with Gasteiger partial charge in [-0.1, -0.05) is 11.2 Å². The lowest BCUT2D eigenvalue weighted by Gasteiger charge is -2.18. The first kappa shape index (κ1) is 17.8. The van der Waals surface area contributed by atoms with Gasteiger partial charge in [0.25, 0.3) is 5.95 Å². The second-order valence-electron chi connectivity index (χ2n) is 7.73. The summed E-state index contributed by atoms with van der Waals surface area (Å²) in [5.41, 5.74) is 1.14. The molecule has 3 heterocycles. The number of ether oxygens (including phenoxy) is 1. The van der Waals surface area contributed by atoms with Crippen molar-refractivity contribution >= 4 is 23.6 Å². The second-order valence-corrected chi connectivity index (χ2v) is 7.73. The van der Waals surface area contributed by atoms with Crippen molar-refractivity contribution in [3.63, 3.8) is 0 Å². The number of nitrogens with zero attached hydrogens (tertiary/aromatic N) is 5. The number of tetrazole rings is 1. The number of aromatic amines is 1. The van der Waals surface area contributed by atoms with Crippen molar-refractivity contribution in [2.24, 2.45) is 11.8 Å². The fraction of sp³-hybridized carbons (Fsp3) is 0.500. The molecule has 4 atom stereocenters. The molecular weight excluding hydrogens is 381 g/mol. The minimum atomic E-state index is -0.536. The van der Waals surface area contributed by atoms with E-state index in [1.54, 1.807) is 12.1 Å². The normalized spacial score (nSPS) is 27.7. The van der Waals surface area contributed by atoms with Crippen molar-refractivity contribution < 1.29 is 18.7 Å². The van der Waals surface area contributed by atoms with E-state index in [9.17, 15) is 14.0 Å². The highest BCUT2D eigenvalue weighted by molar-refractivity contribution is 5.89. The van der Waals surface area contributed by atoms with Gasteiger partial charge in [0.2, 0.25) is 5.91 Å². The first-order valence-corrected chi connectivity index (χ1v) is 9.51. The molecule has 2 aliphatic heterocycles. The van der Waals surface area contributed by atoms with Crippen LogP contribution in [0.15, 0.2) is 18.2 Å². The molecule has 0 radical (unpaired) electrons. The Hall–Kier alpha value is -3.24. The molecule has 1 saturated carbocycles. The molecule has 2 amide bonds. The molecule has 10 nitrogen and oxygen atoms in total. The van der Waals surface area contributed by atoms with Gasteiger partial charge in [-0.15, -0.1) is 5.10 Å². The van der Waals surface area contributed by atoms with Crippen LogP contribution in [0.3, 0.4) is 0 Å². The number of benzene rings is 1. The predicted octanol–water partition coefficient (Wildman–Crippen LogP) is 0.650. The largest absolute Gasteiger partial charge is 0.442 e.